The highest BCUT2D eigenvalue weighted by atomic mass is 16.5. The van der Waals surface area contributed by atoms with Crippen molar-refractivity contribution in [1.82, 2.24) is 4.98 Å². The van der Waals surface area contributed by atoms with E-state index in [9.17, 15) is 9.90 Å². The first kappa shape index (κ1) is 36.4. The molecule has 0 aliphatic heterocycles. The summed E-state index contributed by atoms with van der Waals surface area (Å²) in [5.74, 6) is 3.51. The molecule has 2 N–H and O–H groups in total. The molecule has 11 nitrogen and oxygen atoms in total. The molecule has 1 heterocycles. The van der Waals surface area contributed by atoms with E-state index in [1.165, 1.54) is 0 Å². The number of carbonyl (C=O) groups is 1. The van der Waals surface area contributed by atoms with E-state index in [2.05, 4.69) is 10.2 Å². The maximum absolute atomic E-state index is 12.6. The zero-order valence-corrected chi connectivity index (χ0v) is 30.1. The number of fused-ring (bicyclic) bond motifs is 1. The zero-order valence-electron chi connectivity index (χ0n) is 30.1. The van der Waals surface area contributed by atoms with Crippen LogP contribution in [0.15, 0.2) is 85.1 Å². The van der Waals surface area contributed by atoms with Crippen LogP contribution in [-0.4, -0.2) is 57.2 Å². The number of aliphatic carboxylic acids is 1. The second kappa shape index (κ2) is 16.7. The summed E-state index contributed by atoms with van der Waals surface area (Å²) in [6, 6.07) is 23.3. The van der Waals surface area contributed by atoms with E-state index in [1.54, 1.807) is 52.8 Å². The number of nitrogens with zero attached hydrogens (tertiary/aromatic N) is 2. The number of ether oxygens (including phenoxy) is 6. The third kappa shape index (κ3) is 8.67. The average molecular weight is 696 g/mol. The van der Waals surface area contributed by atoms with Crippen molar-refractivity contribution in [3.8, 4) is 34.5 Å². The quantitative estimate of drug-likeness (QED) is 0.0988. The molecule has 4 aromatic carbocycles. The first-order chi connectivity index (χ1) is 24.7. The summed E-state index contributed by atoms with van der Waals surface area (Å²) in [7, 11) is 6.51. The molecule has 0 amide bonds. The highest BCUT2D eigenvalue weighted by molar-refractivity contribution is 5.94. The van der Waals surface area contributed by atoms with Crippen LogP contribution in [0.25, 0.3) is 10.8 Å². The minimum Gasteiger partial charge on any atom is -0.497 e. The Kier molecular flexibility index (Phi) is 11.9. The van der Waals surface area contributed by atoms with Gasteiger partial charge in [-0.3, -0.25) is 0 Å². The van der Waals surface area contributed by atoms with Gasteiger partial charge < -0.3 is 43.7 Å². The topological polar surface area (TPSA) is 121 Å². The van der Waals surface area contributed by atoms with Crippen molar-refractivity contribution in [2.24, 2.45) is 0 Å². The molecule has 0 radical (unpaired) electrons. The fourth-order valence-electron chi connectivity index (χ4n) is 5.86. The van der Waals surface area contributed by atoms with Gasteiger partial charge in [0.1, 0.15) is 28.8 Å². The molecule has 0 bridgehead atoms. The number of rotatable bonds is 17. The average Bonchev–Trinajstić information content (AvgIpc) is 3.14. The predicted octanol–water partition coefficient (Wildman–Crippen LogP) is 7.90. The molecule has 51 heavy (non-hydrogen) atoms. The molecule has 0 aliphatic rings. The smallest absolute Gasteiger partial charge is 0.330 e. The van der Waals surface area contributed by atoms with Gasteiger partial charge in [-0.1, -0.05) is 6.07 Å². The number of carboxylic acids is 1. The molecule has 0 aliphatic carbocycles. The van der Waals surface area contributed by atoms with Gasteiger partial charge in [-0.2, -0.15) is 0 Å². The Balaban J connectivity index is 1.52. The van der Waals surface area contributed by atoms with Crippen LogP contribution >= 0.6 is 0 Å². The van der Waals surface area contributed by atoms with E-state index in [0.29, 0.717) is 65.4 Å². The number of nitrogens with one attached hydrogen (secondary N) is 1. The largest absolute Gasteiger partial charge is 0.497 e. The van der Waals surface area contributed by atoms with E-state index < -0.39 is 12.0 Å². The molecule has 1 unspecified atom stereocenters. The van der Waals surface area contributed by atoms with Crippen LogP contribution < -0.4 is 38.6 Å². The van der Waals surface area contributed by atoms with Gasteiger partial charge in [0, 0.05) is 53.6 Å². The number of methoxy groups -OCH3 is 4. The van der Waals surface area contributed by atoms with Gasteiger partial charge in [0.15, 0.2) is 17.5 Å². The van der Waals surface area contributed by atoms with Crippen LogP contribution in [0.5, 0.6) is 34.5 Å². The van der Waals surface area contributed by atoms with Gasteiger partial charge in [0.05, 0.1) is 41.2 Å². The first-order valence-electron chi connectivity index (χ1n) is 16.7. The number of aromatic nitrogens is 1. The molecule has 268 valence electrons. The molecular formula is C40H45N3O8. The number of anilines is 2. The van der Waals surface area contributed by atoms with E-state index >= 15 is 0 Å². The van der Waals surface area contributed by atoms with Crippen molar-refractivity contribution >= 4 is 28.2 Å². The minimum absolute atomic E-state index is 0.0622. The minimum atomic E-state index is -1.04. The number of benzene rings is 4. The Morgan fingerprint density at radius 2 is 1.41 bits per heavy atom. The lowest BCUT2D eigenvalue weighted by molar-refractivity contribution is -0.138. The monoisotopic (exact) mass is 695 g/mol. The van der Waals surface area contributed by atoms with Gasteiger partial charge in [-0.25, -0.2) is 9.78 Å². The summed E-state index contributed by atoms with van der Waals surface area (Å²) in [5.41, 5.74) is 3.03. The Labute approximate surface area is 298 Å². The maximum atomic E-state index is 12.6. The Hall–Kier alpha value is -5.84. The van der Waals surface area contributed by atoms with Gasteiger partial charge in [0.2, 0.25) is 0 Å². The van der Waals surface area contributed by atoms with Crippen molar-refractivity contribution < 1.29 is 38.3 Å². The predicted molar refractivity (Wildman–Crippen MR) is 198 cm³/mol. The third-order valence-electron chi connectivity index (χ3n) is 8.28. The number of pyridine rings is 1. The second-order valence-corrected chi connectivity index (χ2v) is 12.0. The van der Waals surface area contributed by atoms with Gasteiger partial charge >= 0.3 is 5.97 Å². The molecular weight excluding hydrogens is 650 g/mol. The molecule has 0 saturated heterocycles. The maximum Gasteiger partial charge on any atom is 0.330 e. The van der Waals surface area contributed by atoms with E-state index in [0.717, 1.165) is 27.7 Å². The number of carboxylic acid groups (broad SMARTS) is 1. The summed E-state index contributed by atoms with van der Waals surface area (Å²) in [6.07, 6.45) is 1.69. The van der Waals surface area contributed by atoms with Crippen molar-refractivity contribution in [2.45, 2.75) is 46.0 Å². The highest BCUT2D eigenvalue weighted by Gasteiger charge is 2.23. The Morgan fingerprint density at radius 3 is 1.96 bits per heavy atom. The molecule has 5 aromatic rings. The molecule has 1 atom stereocenters. The van der Waals surface area contributed by atoms with Crippen molar-refractivity contribution in [2.75, 3.05) is 45.3 Å². The van der Waals surface area contributed by atoms with Crippen LogP contribution in [0.4, 0.5) is 11.5 Å². The Bertz CT molecular complexity index is 1910. The zero-order chi connectivity index (χ0) is 36.5. The van der Waals surface area contributed by atoms with Crippen LogP contribution in [0.1, 0.15) is 43.5 Å². The summed E-state index contributed by atoms with van der Waals surface area (Å²) in [6.45, 7) is 7.05. The fourth-order valence-corrected chi connectivity index (χ4v) is 5.86. The SMILES string of the molecule is CCOc1cc(C(Nc2ccc3c(N(Cc4ccc(OC)cc4OC)Cc4ccc(OC)cc4OC)nccc3c2)C(=O)O)ccc1OC(C)C. The summed E-state index contributed by atoms with van der Waals surface area (Å²) >= 11 is 0. The van der Waals surface area contributed by atoms with Crippen LogP contribution in [0.2, 0.25) is 0 Å². The van der Waals surface area contributed by atoms with Crippen LogP contribution in [0.3, 0.4) is 0 Å². The molecule has 1 aromatic heterocycles. The fraction of sp³-hybridized carbons (Fsp3) is 0.300. The summed E-state index contributed by atoms with van der Waals surface area (Å²) in [4.78, 5) is 19.6. The number of hydrogen-bond donors (Lipinski definition) is 2. The number of hydrogen-bond acceptors (Lipinski definition) is 10. The molecule has 5 rings (SSSR count). The molecule has 0 spiro atoms. The normalized spacial score (nSPS) is 11.5. The van der Waals surface area contributed by atoms with Gasteiger partial charge in [0.25, 0.3) is 0 Å². The van der Waals surface area contributed by atoms with Crippen molar-refractivity contribution in [1.29, 1.82) is 0 Å². The van der Waals surface area contributed by atoms with E-state index in [1.807, 2.05) is 81.4 Å². The van der Waals surface area contributed by atoms with Gasteiger partial charge in [-0.15, -0.1) is 0 Å². The molecule has 0 saturated carbocycles. The summed E-state index contributed by atoms with van der Waals surface area (Å²) < 4.78 is 34.1. The van der Waals surface area contributed by atoms with Crippen molar-refractivity contribution in [3.63, 3.8) is 0 Å². The van der Waals surface area contributed by atoms with E-state index in [4.69, 9.17) is 33.4 Å². The van der Waals surface area contributed by atoms with Crippen molar-refractivity contribution in [3.05, 3.63) is 102 Å². The first-order valence-corrected chi connectivity index (χ1v) is 16.7. The molecule has 11 heteroatoms. The van der Waals surface area contributed by atoms with Crippen LogP contribution in [0, 0.1) is 0 Å². The third-order valence-corrected chi connectivity index (χ3v) is 8.28. The van der Waals surface area contributed by atoms with Crippen LogP contribution in [-0.2, 0) is 17.9 Å². The standard InChI is InChI=1S/C40H45N3O8/c1-8-50-37-20-27(11-16-34(37)51-25(2)3)38(40(44)45)42-30-12-15-33-26(19-30)17-18-41-39(33)43(23-28-9-13-31(46-4)21-35(28)48-6)24-29-10-14-32(47-5)22-36(29)49-7/h9-22,25,38,42H,8,23-24H2,1-7H3,(H,44,45). The van der Waals surface area contributed by atoms with Gasteiger partial charge in [-0.05, 0) is 92.4 Å². The summed E-state index contributed by atoms with van der Waals surface area (Å²) in [5, 5.41) is 15.3. The second-order valence-electron chi connectivity index (χ2n) is 12.0. The lowest BCUT2D eigenvalue weighted by atomic mass is 10.0. The lowest BCUT2D eigenvalue weighted by Crippen LogP contribution is -2.24. The highest BCUT2D eigenvalue weighted by Crippen LogP contribution is 2.36. The van der Waals surface area contributed by atoms with E-state index in [-0.39, 0.29) is 6.10 Å². The Morgan fingerprint density at radius 1 is 0.765 bits per heavy atom. The molecule has 0 fully saturated rings. The lowest BCUT2D eigenvalue weighted by Gasteiger charge is -2.27.